The van der Waals surface area contributed by atoms with Crippen molar-refractivity contribution in [1.82, 2.24) is 0 Å². The molecule has 0 aromatic heterocycles. The van der Waals surface area contributed by atoms with Gasteiger partial charge in [-0.1, -0.05) is 37.7 Å². The molecule has 0 aliphatic heterocycles. The summed E-state index contributed by atoms with van der Waals surface area (Å²) < 4.78 is 96.3. The van der Waals surface area contributed by atoms with Crippen LogP contribution in [0.15, 0.2) is 91.0 Å². The Morgan fingerprint density at radius 3 is 1.41 bits per heavy atom. The zero-order valence-corrected chi connectivity index (χ0v) is 19.0. The topological polar surface area (TPSA) is 27.2 Å². The van der Waals surface area contributed by atoms with Crippen LogP contribution in [-0.2, 0) is 0 Å². The van der Waals surface area contributed by atoms with E-state index in [0.717, 1.165) is 0 Å². The zero-order chi connectivity index (χ0) is 29.0. The van der Waals surface area contributed by atoms with E-state index in [1.807, 2.05) is 0 Å². The monoisotopic (exact) mass is 552 g/mol. The van der Waals surface area contributed by atoms with Crippen molar-refractivity contribution in [2.45, 2.75) is 7.43 Å². The van der Waals surface area contributed by atoms with Crippen LogP contribution in [0.5, 0.6) is 23.0 Å². The summed E-state index contributed by atoms with van der Waals surface area (Å²) in [5.74, 6) is -0.515. The van der Waals surface area contributed by atoms with Crippen molar-refractivity contribution in [3.63, 3.8) is 0 Å². The summed E-state index contributed by atoms with van der Waals surface area (Å²) in [6.07, 6.45) is 0. The second kappa shape index (κ2) is 15.3. The van der Waals surface area contributed by atoms with Gasteiger partial charge in [-0.25, -0.2) is 22.9 Å². The molecule has 4 aromatic carbocycles. The van der Waals surface area contributed by atoms with E-state index in [9.17, 15) is 30.4 Å². The van der Waals surface area contributed by atoms with Crippen molar-refractivity contribution < 1.29 is 42.7 Å². The van der Waals surface area contributed by atoms with E-state index >= 15 is 0 Å². The molecule has 0 aliphatic carbocycles. The smallest absolute Gasteiger partial charge is 0.468 e. The van der Waals surface area contributed by atoms with Crippen LogP contribution in [0.3, 0.4) is 0 Å². The first-order valence-electron chi connectivity index (χ1n) is 10.8. The Morgan fingerprint density at radius 1 is 0.641 bits per heavy atom. The molecular weight excluding hydrogens is 528 g/mol. The summed E-state index contributed by atoms with van der Waals surface area (Å²) in [4.78, 5) is 6.16. The second-order valence-corrected chi connectivity index (χ2v) is 6.79. The van der Waals surface area contributed by atoms with Crippen molar-refractivity contribution >= 4 is 18.6 Å². The summed E-state index contributed by atoms with van der Waals surface area (Å²) in [7, 11) is -6.00. The van der Waals surface area contributed by atoms with E-state index in [0.29, 0.717) is 17.5 Å². The zero-order valence-electron chi connectivity index (χ0n) is 21.0. The number of ether oxygens (including phenoxy) is 2. The molecular formula is C27H20BF7N2O2. The highest BCUT2D eigenvalue weighted by Gasteiger charge is 2.20. The summed E-state index contributed by atoms with van der Waals surface area (Å²) in [5.41, 5.74) is -0.320. The van der Waals surface area contributed by atoms with Gasteiger partial charge in [0.25, 0.3) is 11.4 Å². The summed E-state index contributed by atoms with van der Waals surface area (Å²) in [6, 6.07) is 20.3. The quantitative estimate of drug-likeness (QED) is 0.143. The van der Waals surface area contributed by atoms with Gasteiger partial charge in [0.1, 0.15) is 40.4 Å². The second-order valence-electron chi connectivity index (χ2n) is 6.79. The van der Waals surface area contributed by atoms with Crippen LogP contribution in [0.25, 0.3) is 9.69 Å². The summed E-state index contributed by atoms with van der Waals surface area (Å²) >= 11 is 0. The molecule has 0 saturated carbocycles. The SMILES string of the molecule is C.F[B-](F)(F)F.[3H+].[3H]c1ccc(Oc2cccc(F)c2[N+]#[C-])cc1.[C-]#[N+]c1c(F)cccc1Oc1ccc(F)cc1. The predicted molar refractivity (Wildman–Crippen MR) is 136 cm³/mol. The predicted octanol–water partition coefficient (Wildman–Crippen LogP) is 10.5. The lowest BCUT2D eigenvalue weighted by Crippen LogP contribution is -2.02. The fourth-order valence-corrected chi connectivity index (χ4v) is 2.57. The minimum absolute atomic E-state index is 0. The van der Waals surface area contributed by atoms with Gasteiger partial charge in [-0.2, -0.15) is 0 Å². The molecule has 0 spiro atoms. The molecule has 0 unspecified atom stereocenters. The Morgan fingerprint density at radius 2 is 1.03 bits per heavy atom. The van der Waals surface area contributed by atoms with E-state index in [1.165, 1.54) is 60.7 Å². The molecule has 0 bridgehead atoms. The van der Waals surface area contributed by atoms with Crippen molar-refractivity contribution in [2.75, 3.05) is 0 Å². The third kappa shape index (κ3) is 11.3. The molecule has 0 fully saturated rings. The molecule has 0 amide bonds. The molecule has 0 saturated heterocycles. The first kappa shape index (κ1) is 30.3. The van der Waals surface area contributed by atoms with Crippen molar-refractivity contribution in [3.8, 4) is 23.0 Å². The first-order valence-corrected chi connectivity index (χ1v) is 10.3. The molecule has 39 heavy (non-hydrogen) atoms. The molecule has 0 radical (unpaired) electrons. The number of hydrogen-bond donors (Lipinski definition) is 0. The Kier molecular flexibility index (Phi) is 11.9. The van der Waals surface area contributed by atoms with Crippen LogP contribution < -0.4 is 9.47 Å². The van der Waals surface area contributed by atoms with Crippen LogP contribution in [0, 0.1) is 30.6 Å². The first-order chi connectivity index (χ1) is 18.4. The van der Waals surface area contributed by atoms with Gasteiger partial charge >= 0.3 is 8.68 Å². The van der Waals surface area contributed by atoms with Crippen molar-refractivity contribution in [3.05, 3.63) is 131 Å². The molecule has 0 N–H and O–H groups in total. The normalized spacial score (nSPS) is 10.0. The minimum Gasteiger partial charge on any atom is -0.468 e. The molecule has 4 nitrogen and oxygen atoms in total. The highest BCUT2D eigenvalue weighted by Crippen LogP contribution is 2.34. The maximum Gasteiger partial charge on any atom is 1.00 e. The number of benzene rings is 4. The summed E-state index contributed by atoms with van der Waals surface area (Å²) in [6.45, 7) is 13.8. The lowest BCUT2D eigenvalue weighted by molar-refractivity contribution is 0.368. The Labute approximate surface area is 223 Å². The number of para-hydroxylation sites is 3. The van der Waals surface area contributed by atoms with Crippen LogP contribution in [-0.4, -0.2) is 7.25 Å². The van der Waals surface area contributed by atoms with E-state index in [2.05, 4.69) is 9.69 Å². The lowest BCUT2D eigenvalue weighted by Gasteiger charge is -2.07. The molecule has 4 aromatic rings. The number of hydrogen-bond acceptors (Lipinski definition) is 2. The van der Waals surface area contributed by atoms with E-state index < -0.39 is 18.9 Å². The van der Waals surface area contributed by atoms with Gasteiger partial charge in [0.05, 0.1) is 14.5 Å². The van der Waals surface area contributed by atoms with Crippen molar-refractivity contribution in [1.29, 1.82) is 0 Å². The highest BCUT2D eigenvalue weighted by molar-refractivity contribution is 6.50. The maximum atomic E-state index is 13.3. The van der Waals surface area contributed by atoms with Crippen LogP contribution >= 0.6 is 0 Å². The van der Waals surface area contributed by atoms with Crippen molar-refractivity contribution in [2.24, 2.45) is 0 Å². The molecule has 0 aliphatic rings. The Balaban J connectivity index is 0.000000644. The molecule has 202 valence electrons. The van der Waals surface area contributed by atoms with Crippen LogP contribution in [0.1, 0.15) is 10.2 Å². The van der Waals surface area contributed by atoms with E-state index in [4.69, 9.17) is 24.0 Å². The fraction of sp³-hybridized carbons (Fsp3) is 0.0370. The number of nitrogens with zero attached hydrogens (tertiary/aromatic N) is 2. The van der Waals surface area contributed by atoms with Gasteiger partial charge in [-0.05, 0) is 60.7 Å². The minimum atomic E-state index is -6.00. The van der Waals surface area contributed by atoms with Gasteiger partial charge in [0.15, 0.2) is 0 Å². The van der Waals surface area contributed by atoms with Gasteiger partial charge in [-0.15, -0.1) is 0 Å². The molecule has 4 rings (SSSR count). The largest absolute Gasteiger partial charge is 1.00 e. The Hall–Kier alpha value is -4.97. The van der Waals surface area contributed by atoms with Crippen LogP contribution in [0.2, 0.25) is 0 Å². The third-order valence-corrected chi connectivity index (χ3v) is 4.08. The standard InChI is InChI=1S/C13H7F2NO.C13H8FNO.CH4.BF4/c1-16-13-11(15)3-2-4-12(13)17-10-7-5-9(14)6-8-10;1-15-13-11(14)8-5-9-12(13)16-10-6-3-2-4-7-10;;2-1(3,4)5/h2-8H;2-9H;1H4;/q;;;-1/p+1/i;2T;;/hT. The number of halogens is 7. The highest BCUT2D eigenvalue weighted by atomic mass is 19.5. The molecule has 0 atom stereocenters. The van der Waals surface area contributed by atoms with Gasteiger partial charge in [0.2, 0.25) is 0 Å². The van der Waals surface area contributed by atoms with E-state index in [-0.39, 0.29) is 37.5 Å². The number of rotatable bonds is 4. The summed E-state index contributed by atoms with van der Waals surface area (Å²) in [5, 5.41) is 0. The average molecular weight is 552 g/mol. The molecule has 0 heterocycles. The van der Waals surface area contributed by atoms with E-state index in [1.54, 1.807) is 24.3 Å². The van der Waals surface area contributed by atoms with Gasteiger partial charge in [0, 0.05) is 0 Å². The third-order valence-electron chi connectivity index (χ3n) is 4.08. The molecule has 12 heteroatoms. The van der Waals surface area contributed by atoms with Gasteiger partial charge in [-0.3, -0.25) is 0 Å². The lowest BCUT2D eigenvalue weighted by atomic mass is 10.3. The maximum absolute atomic E-state index is 13.3. The van der Waals surface area contributed by atoms with Gasteiger partial charge < -0.3 is 26.7 Å². The Bertz CT molecular complexity index is 1360. The fourth-order valence-electron chi connectivity index (χ4n) is 2.57. The average Bonchev–Trinajstić information content (AvgIpc) is 2.87. The van der Waals surface area contributed by atoms with Crippen LogP contribution in [0.4, 0.5) is 41.8 Å².